The summed E-state index contributed by atoms with van der Waals surface area (Å²) in [6, 6.07) is 0.514. The second-order valence-corrected chi connectivity index (χ2v) is 7.84. The van der Waals surface area contributed by atoms with Crippen molar-refractivity contribution >= 4 is 17.6 Å². The van der Waals surface area contributed by atoms with Crippen LogP contribution >= 0.6 is 11.8 Å². The Morgan fingerprint density at radius 2 is 2.00 bits per heavy atom. The summed E-state index contributed by atoms with van der Waals surface area (Å²) in [5, 5.41) is 8.21. The summed E-state index contributed by atoms with van der Waals surface area (Å²) in [7, 11) is 4.22. The van der Waals surface area contributed by atoms with E-state index < -0.39 is 0 Å². The molecule has 5 heteroatoms. The van der Waals surface area contributed by atoms with E-state index in [9.17, 15) is 0 Å². The van der Waals surface area contributed by atoms with Gasteiger partial charge in [0.05, 0.1) is 5.69 Å². The topological polar surface area (TPSA) is 33.1 Å². The Morgan fingerprint density at radius 1 is 1.38 bits per heavy atom. The first-order valence-corrected chi connectivity index (χ1v) is 9.06. The second-order valence-electron chi connectivity index (χ2n) is 6.86. The van der Waals surface area contributed by atoms with Crippen LogP contribution in [-0.4, -0.2) is 40.4 Å². The molecule has 0 aromatic carbocycles. The first-order valence-electron chi connectivity index (χ1n) is 7.66. The third kappa shape index (κ3) is 5.22. The molecule has 1 unspecified atom stereocenters. The first-order chi connectivity index (χ1) is 9.67. The molecule has 1 atom stereocenters. The number of aromatic nitrogens is 2. The lowest BCUT2D eigenvalue weighted by atomic mass is 10.1. The van der Waals surface area contributed by atoms with E-state index in [2.05, 4.69) is 63.2 Å². The van der Waals surface area contributed by atoms with Crippen LogP contribution in [0.2, 0.25) is 0 Å². The Bertz CT molecular complexity index is 448. The fraction of sp³-hybridized carbons (Fsp3) is 0.812. The summed E-state index contributed by atoms with van der Waals surface area (Å²) in [5.41, 5.74) is 2.54. The summed E-state index contributed by atoms with van der Waals surface area (Å²) in [4.78, 5) is 2.37. The van der Waals surface area contributed by atoms with Crippen molar-refractivity contribution in [3.8, 4) is 0 Å². The number of aryl methyl sites for hydroxylation is 2. The smallest absolute Gasteiger partial charge is 0.131 e. The van der Waals surface area contributed by atoms with Gasteiger partial charge in [-0.1, -0.05) is 0 Å². The Hall–Kier alpha value is -0.680. The van der Waals surface area contributed by atoms with E-state index in [0.29, 0.717) is 6.04 Å². The van der Waals surface area contributed by atoms with Crippen molar-refractivity contribution < 1.29 is 0 Å². The van der Waals surface area contributed by atoms with E-state index in [4.69, 9.17) is 0 Å². The van der Waals surface area contributed by atoms with Gasteiger partial charge in [-0.15, -0.1) is 0 Å². The number of nitrogens with zero attached hydrogens (tertiary/aromatic N) is 3. The van der Waals surface area contributed by atoms with E-state index in [1.54, 1.807) is 0 Å². The molecule has 0 radical (unpaired) electrons. The Kier molecular flexibility index (Phi) is 6.60. The molecule has 0 aliphatic rings. The normalized spacial score (nSPS) is 13.5. The lowest BCUT2D eigenvalue weighted by Gasteiger charge is -2.29. The van der Waals surface area contributed by atoms with Crippen molar-refractivity contribution in [2.24, 2.45) is 7.05 Å². The lowest BCUT2D eigenvalue weighted by molar-refractivity contribution is 0.423. The van der Waals surface area contributed by atoms with Crippen LogP contribution in [0.1, 0.15) is 45.4 Å². The fourth-order valence-electron chi connectivity index (χ4n) is 2.38. The minimum atomic E-state index is 0.114. The second kappa shape index (κ2) is 7.54. The zero-order valence-electron chi connectivity index (χ0n) is 14.9. The largest absolute Gasteiger partial charge is 0.357 e. The molecule has 4 nitrogen and oxygen atoms in total. The monoisotopic (exact) mass is 312 g/mol. The molecule has 0 saturated carbocycles. The van der Waals surface area contributed by atoms with Crippen molar-refractivity contribution in [2.45, 2.75) is 59.2 Å². The van der Waals surface area contributed by atoms with Gasteiger partial charge in [0.1, 0.15) is 5.82 Å². The average molecular weight is 313 g/mol. The molecule has 1 aromatic rings. The predicted octanol–water partition coefficient (Wildman–Crippen LogP) is 3.19. The molecule has 1 aromatic heterocycles. The fourth-order valence-corrected chi connectivity index (χ4v) is 2.96. The number of anilines is 1. The minimum absolute atomic E-state index is 0.114. The van der Waals surface area contributed by atoms with E-state index in [1.165, 1.54) is 23.6 Å². The molecule has 0 saturated heterocycles. The highest BCUT2D eigenvalue weighted by molar-refractivity contribution is 7.98. The highest BCUT2D eigenvalue weighted by Gasteiger charge is 2.21. The van der Waals surface area contributed by atoms with Crippen LogP contribution in [-0.2, 0) is 13.6 Å². The van der Waals surface area contributed by atoms with Crippen LogP contribution in [0.5, 0.6) is 0 Å². The van der Waals surface area contributed by atoms with Crippen LogP contribution in [0.25, 0.3) is 0 Å². The zero-order chi connectivity index (χ0) is 16.2. The van der Waals surface area contributed by atoms with Crippen LogP contribution < -0.4 is 10.2 Å². The molecule has 0 aliphatic carbocycles. The SMILES string of the molecule is CSCCC(C)N(C)c1c(CNC(C)(C)C)c(C)nn1C. The third-order valence-electron chi connectivity index (χ3n) is 3.84. The molecular formula is C16H32N4S. The molecule has 0 fully saturated rings. The predicted molar refractivity (Wildman–Crippen MR) is 95.4 cm³/mol. The molecule has 0 aliphatic heterocycles. The summed E-state index contributed by atoms with van der Waals surface area (Å²) >= 11 is 1.91. The molecule has 0 amide bonds. The summed E-state index contributed by atoms with van der Waals surface area (Å²) in [5.74, 6) is 2.43. The molecular weight excluding hydrogens is 280 g/mol. The van der Waals surface area contributed by atoms with Crippen molar-refractivity contribution in [3.05, 3.63) is 11.3 Å². The van der Waals surface area contributed by atoms with Gasteiger partial charge in [0.25, 0.3) is 0 Å². The lowest BCUT2D eigenvalue weighted by Crippen LogP contribution is -2.36. The van der Waals surface area contributed by atoms with Gasteiger partial charge in [0, 0.05) is 37.8 Å². The van der Waals surface area contributed by atoms with Crippen LogP contribution in [0, 0.1) is 6.92 Å². The Balaban J connectivity index is 2.94. The molecule has 21 heavy (non-hydrogen) atoms. The number of hydrogen-bond donors (Lipinski definition) is 1. The van der Waals surface area contributed by atoms with Gasteiger partial charge in [-0.3, -0.25) is 4.68 Å². The summed E-state index contributed by atoms with van der Waals surface area (Å²) in [6.45, 7) is 11.8. The van der Waals surface area contributed by atoms with E-state index in [0.717, 1.165) is 12.2 Å². The van der Waals surface area contributed by atoms with Crippen LogP contribution in [0.4, 0.5) is 5.82 Å². The maximum atomic E-state index is 4.63. The number of thioether (sulfide) groups is 1. The summed E-state index contributed by atoms with van der Waals surface area (Å²) in [6.07, 6.45) is 3.35. The quantitative estimate of drug-likeness (QED) is 0.838. The number of nitrogens with one attached hydrogen (secondary N) is 1. The van der Waals surface area contributed by atoms with E-state index in [1.807, 2.05) is 23.5 Å². The maximum Gasteiger partial charge on any atom is 0.131 e. The third-order valence-corrected chi connectivity index (χ3v) is 4.49. The maximum absolute atomic E-state index is 4.63. The molecule has 0 spiro atoms. The van der Waals surface area contributed by atoms with Crippen molar-refractivity contribution in [3.63, 3.8) is 0 Å². The molecule has 122 valence electrons. The molecule has 1 rings (SSSR count). The van der Waals surface area contributed by atoms with Gasteiger partial charge >= 0.3 is 0 Å². The molecule has 1 N–H and O–H groups in total. The number of rotatable bonds is 7. The number of hydrogen-bond acceptors (Lipinski definition) is 4. The van der Waals surface area contributed by atoms with Gasteiger partial charge in [0.15, 0.2) is 0 Å². The van der Waals surface area contributed by atoms with Crippen molar-refractivity contribution in [1.82, 2.24) is 15.1 Å². The van der Waals surface area contributed by atoms with Gasteiger partial charge in [-0.2, -0.15) is 16.9 Å². The average Bonchev–Trinajstić information content (AvgIpc) is 2.66. The molecule has 1 heterocycles. The first kappa shape index (κ1) is 18.4. The summed E-state index contributed by atoms with van der Waals surface area (Å²) < 4.78 is 2.02. The van der Waals surface area contributed by atoms with E-state index >= 15 is 0 Å². The van der Waals surface area contributed by atoms with Crippen molar-refractivity contribution in [1.29, 1.82) is 0 Å². The highest BCUT2D eigenvalue weighted by atomic mass is 32.2. The Morgan fingerprint density at radius 3 is 2.52 bits per heavy atom. The van der Waals surface area contributed by atoms with Crippen molar-refractivity contribution in [2.75, 3.05) is 24.0 Å². The van der Waals surface area contributed by atoms with Gasteiger partial charge in [-0.05, 0) is 53.0 Å². The standard InChI is InChI=1S/C16H32N4S/c1-12(9-10-21-8)19(6)15-14(11-17-16(3,4)5)13(2)18-20(15)7/h12,17H,9-11H2,1-8H3. The van der Waals surface area contributed by atoms with Gasteiger partial charge < -0.3 is 10.2 Å². The molecule has 0 bridgehead atoms. The zero-order valence-corrected chi connectivity index (χ0v) is 15.8. The van der Waals surface area contributed by atoms with Crippen LogP contribution in [0.3, 0.4) is 0 Å². The van der Waals surface area contributed by atoms with Gasteiger partial charge in [-0.25, -0.2) is 0 Å². The minimum Gasteiger partial charge on any atom is -0.357 e. The Labute approximate surface area is 134 Å². The van der Waals surface area contributed by atoms with E-state index in [-0.39, 0.29) is 5.54 Å². The van der Waals surface area contributed by atoms with Crippen LogP contribution in [0.15, 0.2) is 0 Å². The van der Waals surface area contributed by atoms with Gasteiger partial charge in [0.2, 0.25) is 0 Å². The highest BCUT2D eigenvalue weighted by Crippen LogP contribution is 2.25.